The normalized spacial score (nSPS) is 26.8. The molecule has 1 aromatic rings. The number of amides is 2. The van der Waals surface area contributed by atoms with Gasteiger partial charge in [-0.3, -0.25) is 14.9 Å². The number of benzene rings is 1. The molecule has 1 heterocycles. The van der Waals surface area contributed by atoms with Crippen molar-refractivity contribution in [2.75, 3.05) is 20.1 Å². The molecule has 4 atom stereocenters. The summed E-state index contributed by atoms with van der Waals surface area (Å²) in [5.74, 6) is -6.85. The highest BCUT2D eigenvalue weighted by Gasteiger charge is 2.55. The largest absolute Gasteiger partial charge is 0.481 e. The predicted octanol–water partition coefficient (Wildman–Crippen LogP) is 3.14. The lowest BCUT2D eigenvalue weighted by Gasteiger charge is -2.40. The first-order valence-electron chi connectivity index (χ1n) is 11.9. The summed E-state index contributed by atoms with van der Waals surface area (Å²) in [5.41, 5.74) is -0.655. The maximum absolute atomic E-state index is 13.5. The zero-order valence-electron chi connectivity index (χ0n) is 20.4. The number of hydrogen-bond acceptors (Lipinski definition) is 6. The number of hydrogen-bond donors (Lipinski definition) is 2. The van der Waals surface area contributed by atoms with Crippen molar-refractivity contribution < 1.29 is 44.7 Å². The van der Waals surface area contributed by atoms with Crippen molar-refractivity contribution in [3.05, 3.63) is 23.2 Å². The number of ether oxygens (including phenoxy) is 1. The average Bonchev–Trinajstić information content (AvgIpc) is 3.41. The lowest BCUT2D eigenvalue weighted by molar-refractivity contribution is -0.189. The third kappa shape index (κ3) is 5.71. The second-order valence-electron chi connectivity index (χ2n) is 10.1. The van der Waals surface area contributed by atoms with Gasteiger partial charge >= 0.3 is 6.18 Å². The smallest absolute Gasteiger partial charge is 0.425 e. The Morgan fingerprint density at radius 1 is 1.16 bits per heavy atom. The van der Waals surface area contributed by atoms with Crippen LogP contribution in [0.4, 0.5) is 22.0 Å². The first-order valence-corrected chi connectivity index (χ1v) is 13.8. The van der Waals surface area contributed by atoms with Crippen LogP contribution in [-0.4, -0.2) is 74.4 Å². The van der Waals surface area contributed by atoms with Crippen LogP contribution >= 0.6 is 11.6 Å². The van der Waals surface area contributed by atoms with Crippen molar-refractivity contribution in [1.82, 2.24) is 15.5 Å². The molecule has 2 amide bonds. The molecule has 0 radical (unpaired) electrons. The van der Waals surface area contributed by atoms with Gasteiger partial charge < -0.3 is 15.0 Å². The summed E-state index contributed by atoms with van der Waals surface area (Å²) >= 11 is 6.13. The minimum atomic E-state index is -4.65. The molecular weight excluding hydrogens is 561 g/mol. The van der Waals surface area contributed by atoms with E-state index < -0.39 is 80.6 Å². The molecule has 4 rings (SSSR count). The molecular formula is C23H27ClF5N3O5S. The van der Waals surface area contributed by atoms with Crippen LogP contribution in [0.2, 0.25) is 5.02 Å². The maximum atomic E-state index is 13.5. The van der Waals surface area contributed by atoms with E-state index in [4.69, 9.17) is 16.3 Å². The van der Waals surface area contributed by atoms with E-state index in [1.54, 1.807) is 7.05 Å². The second-order valence-corrected chi connectivity index (χ2v) is 12.7. The molecule has 3 aliphatic rings. The van der Waals surface area contributed by atoms with E-state index in [0.29, 0.717) is 12.8 Å². The van der Waals surface area contributed by atoms with Gasteiger partial charge in [-0.2, -0.15) is 13.2 Å². The molecule has 3 fully saturated rings. The quantitative estimate of drug-likeness (QED) is 0.358. The Balaban J connectivity index is 1.56. The van der Waals surface area contributed by atoms with Crippen LogP contribution in [0.25, 0.3) is 0 Å². The maximum Gasteiger partial charge on any atom is 0.425 e. The van der Waals surface area contributed by atoms with Gasteiger partial charge in [-0.05, 0) is 51.8 Å². The van der Waals surface area contributed by atoms with Gasteiger partial charge in [0.25, 0.3) is 5.92 Å². The molecule has 38 heavy (non-hydrogen) atoms. The van der Waals surface area contributed by atoms with Gasteiger partial charge in [-0.1, -0.05) is 11.6 Å². The third-order valence-corrected chi connectivity index (χ3v) is 10.00. The molecule has 212 valence electrons. The minimum absolute atomic E-state index is 0.256. The summed E-state index contributed by atoms with van der Waals surface area (Å²) in [6, 6.07) is 3.00. The van der Waals surface area contributed by atoms with Gasteiger partial charge in [0, 0.05) is 6.07 Å². The fraction of sp³-hybridized carbons (Fsp3) is 0.652. The Bertz CT molecular complexity index is 1220. The van der Waals surface area contributed by atoms with Crippen LogP contribution < -0.4 is 15.4 Å². The van der Waals surface area contributed by atoms with Gasteiger partial charge in [-0.25, -0.2) is 17.2 Å². The first-order chi connectivity index (χ1) is 17.5. The van der Waals surface area contributed by atoms with Crippen LogP contribution in [0.5, 0.6) is 5.75 Å². The first kappa shape index (κ1) is 28.8. The number of rotatable bonds is 8. The van der Waals surface area contributed by atoms with Gasteiger partial charge in [-0.15, -0.1) is 0 Å². The van der Waals surface area contributed by atoms with E-state index >= 15 is 0 Å². The highest BCUT2D eigenvalue weighted by atomic mass is 35.5. The molecule has 0 spiro atoms. The lowest BCUT2D eigenvalue weighted by atomic mass is 9.92. The molecule has 1 aliphatic heterocycles. The summed E-state index contributed by atoms with van der Waals surface area (Å²) in [7, 11) is -2.63. The number of halogens is 6. The summed E-state index contributed by atoms with van der Waals surface area (Å²) in [5, 5.41) is 4.12. The van der Waals surface area contributed by atoms with Gasteiger partial charge in [0.2, 0.25) is 11.8 Å². The monoisotopic (exact) mass is 587 g/mol. The third-order valence-electron chi connectivity index (χ3n) is 7.34. The van der Waals surface area contributed by atoms with Crippen molar-refractivity contribution in [3.63, 3.8) is 0 Å². The number of carbonyl (C=O) groups excluding carboxylic acids is 2. The van der Waals surface area contributed by atoms with E-state index in [0.717, 1.165) is 30.0 Å². The summed E-state index contributed by atoms with van der Waals surface area (Å²) in [4.78, 5) is 26.7. The standard InChI is InChI=1S/C23H27ClF5N3O5S/c1-12(23(27,28)29)37-13-3-4-18(17(24)7-13)38(35,36)14-8-15(19(33)31-22(30-2)5-6-22)16(9-14)20(34)32-10-21(25,26)11-32/h3-4,7,12,14-16,30H,5-6,8-11H2,1-2H3,(H,31,33)/t12-,14+,15+,16+/m0/s1. The highest BCUT2D eigenvalue weighted by Crippen LogP contribution is 2.44. The Labute approximate surface area is 221 Å². The zero-order chi connectivity index (χ0) is 28.3. The van der Waals surface area contributed by atoms with Gasteiger partial charge in [0.15, 0.2) is 15.9 Å². The number of alkyl halides is 5. The summed E-state index contributed by atoms with van der Waals surface area (Å²) < 4.78 is 97.0. The van der Waals surface area contributed by atoms with Crippen LogP contribution in [0, 0.1) is 11.8 Å². The van der Waals surface area contributed by atoms with Crippen LogP contribution in [-0.2, 0) is 19.4 Å². The molecule has 2 N–H and O–H groups in total. The average molecular weight is 588 g/mol. The topological polar surface area (TPSA) is 105 Å². The molecule has 0 aromatic heterocycles. The molecule has 15 heteroatoms. The number of sulfone groups is 1. The van der Waals surface area contributed by atoms with E-state index in [-0.39, 0.29) is 23.6 Å². The van der Waals surface area contributed by atoms with Crippen molar-refractivity contribution in [2.24, 2.45) is 11.8 Å². The number of carbonyl (C=O) groups is 2. The zero-order valence-corrected chi connectivity index (χ0v) is 22.0. The van der Waals surface area contributed by atoms with Crippen molar-refractivity contribution in [1.29, 1.82) is 0 Å². The van der Waals surface area contributed by atoms with Crippen molar-refractivity contribution in [2.45, 2.75) is 66.6 Å². The van der Waals surface area contributed by atoms with E-state index in [9.17, 15) is 40.0 Å². The molecule has 1 aromatic carbocycles. The van der Waals surface area contributed by atoms with Crippen LogP contribution in [0.15, 0.2) is 23.1 Å². The fourth-order valence-electron chi connectivity index (χ4n) is 4.84. The van der Waals surface area contributed by atoms with Gasteiger partial charge in [0.05, 0.1) is 45.8 Å². The molecule has 2 saturated carbocycles. The second kappa shape index (κ2) is 9.77. The minimum Gasteiger partial charge on any atom is -0.481 e. The summed E-state index contributed by atoms with van der Waals surface area (Å²) in [6.07, 6.45) is -6.09. The fourth-order valence-corrected chi connectivity index (χ4v) is 7.20. The van der Waals surface area contributed by atoms with Gasteiger partial charge in [0.1, 0.15) is 5.75 Å². The van der Waals surface area contributed by atoms with Crippen LogP contribution in [0.3, 0.4) is 0 Å². The van der Waals surface area contributed by atoms with Crippen LogP contribution in [0.1, 0.15) is 32.6 Å². The SMILES string of the molecule is CNC1(NC(=O)[C@@H]2C[C@@H](S(=O)(=O)c3ccc(O[C@@H](C)C(F)(F)F)cc3Cl)C[C@H]2C(=O)N2CC(F)(F)C2)CC1. The Hall–Kier alpha value is -2.19. The molecule has 1 saturated heterocycles. The van der Waals surface area contributed by atoms with E-state index in [2.05, 4.69) is 10.6 Å². The Morgan fingerprint density at radius 2 is 1.76 bits per heavy atom. The predicted molar refractivity (Wildman–Crippen MR) is 125 cm³/mol. The molecule has 0 unspecified atom stereocenters. The Kier molecular flexibility index (Phi) is 7.41. The van der Waals surface area contributed by atoms with E-state index in [1.807, 2.05) is 0 Å². The summed E-state index contributed by atoms with van der Waals surface area (Å²) in [6.45, 7) is -0.830. The lowest BCUT2D eigenvalue weighted by Crippen LogP contribution is -2.60. The molecule has 8 nitrogen and oxygen atoms in total. The number of nitrogens with zero attached hydrogens (tertiary/aromatic N) is 1. The van der Waals surface area contributed by atoms with Crippen molar-refractivity contribution in [3.8, 4) is 5.75 Å². The molecule has 0 bridgehead atoms. The van der Waals surface area contributed by atoms with E-state index in [1.165, 1.54) is 0 Å². The number of nitrogens with one attached hydrogen (secondary N) is 2. The van der Waals surface area contributed by atoms with Crippen molar-refractivity contribution >= 4 is 33.3 Å². The highest BCUT2D eigenvalue weighted by molar-refractivity contribution is 7.92. The Morgan fingerprint density at radius 3 is 2.26 bits per heavy atom. The number of likely N-dealkylation sites (tertiary alicyclic amines) is 1. The molecule has 2 aliphatic carbocycles.